The van der Waals surface area contributed by atoms with Gasteiger partial charge in [0.2, 0.25) is 0 Å². The third-order valence-corrected chi connectivity index (χ3v) is 4.12. The lowest BCUT2D eigenvalue weighted by Gasteiger charge is -2.18. The van der Waals surface area contributed by atoms with Crippen molar-refractivity contribution in [3.05, 3.63) is 58.3 Å². The molecule has 3 rings (SSSR count). The molecule has 1 aliphatic rings. The van der Waals surface area contributed by atoms with Crippen LogP contribution in [-0.2, 0) is 6.54 Å². The summed E-state index contributed by atoms with van der Waals surface area (Å²) >= 11 is 0. The highest BCUT2D eigenvalue weighted by Crippen LogP contribution is 2.33. The average molecular weight is 285 g/mol. The van der Waals surface area contributed by atoms with Gasteiger partial charge in [-0.1, -0.05) is 36.8 Å². The van der Waals surface area contributed by atoms with Crippen LogP contribution in [-0.4, -0.2) is 15.7 Å². The van der Waals surface area contributed by atoms with Gasteiger partial charge in [0.25, 0.3) is 0 Å². The zero-order chi connectivity index (χ0) is 14.8. The topological polar surface area (TPSA) is 39.0 Å². The molecule has 0 saturated heterocycles. The second-order valence-electron chi connectivity index (χ2n) is 5.89. The summed E-state index contributed by atoms with van der Waals surface area (Å²) in [4.78, 5) is 12.4. The van der Waals surface area contributed by atoms with E-state index in [1.165, 1.54) is 11.1 Å². The maximum atomic E-state index is 12.4. The van der Waals surface area contributed by atoms with E-state index in [2.05, 4.69) is 43.4 Å². The Morgan fingerprint density at radius 1 is 1.24 bits per heavy atom. The van der Waals surface area contributed by atoms with Crippen LogP contribution in [0.5, 0.6) is 0 Å². The van der Waals surface area contributed by atoms with Crippen LogP contribution in [0.4, 0.5) is 0 Å². The molecule has 2 aromatic rings. The largest absolute Gasteiger partial charge is 0.328 e. The first-order valence-corrected chi connectivity index (χ1v) is 7.76. The summed E-state index contributed by atoms with van der Waals surface area (Å²) in [5, 5.41) is 3.48. The molecule has 1 aromatic carbocycles. The van der Waals surface area contributed by atoms with E-state index in [1.54, 1.807) is 0 Å². The molecule has 0 spiro atoms. The fraction of sp³-hybridized carbons (Fsp3) is 0.471. The Kier molecular flexibility index (Phi) is 3.97. The van der Waals surface area contributed by atoms with Crippen molar-refractivity contribution in [2.45, 2.75) is 45.3 Å². The van der Waals surface area contributed by atoms with Crippen LogP contribution < -0.4 is 11.0 Å². The number of hydrogen-bond acceptors (Lipinski definition) is 2. The van der Waals surface area contributed by atoms with Gasteiger partial charge in [-0.05, 0) is 31.9 Å². The highest BCUT2D eigenvalue weighted by Gasteiger charge is 2.26. The molecule has 0 radical (unpaired) electrons. The Morgan fingerprint density at radius 3 is 2.57 bits per heavy atom. The molecule has 1 atom stereocenters. The first-order chi connectivity index (χ1) is 10.2. The first kappa shape index (κ1) is 14.1. The maximum Gasteiger partial charge on any atom is 0.328 e. The van der Waals surface area contributed by atoms with Crippen LogP contribution in [0, 0.1) is 6.92 Å². The number of benzene rings is 1. The van der Waals surface area contributed by atoms with E-state index in [4.69, 9.17) is 0 Å². The SMILES string of the molecule is CCNC(Cn1ccn(C2CC2)c1=O)c1ccc(C)cc1. The normalized spacial score (nSPS) is 16.1. The number of likely N-dealkylation sites (N-methyl/N-ethyl adjacent to an activating group) is 1. The van der Waals surface area contributed by atoms with E-state index < -0.39 is 0 Å². The van der Waals surface area contributed by atoms with Gasteiger partial charge < -0.3 is 5.32 Å². The van der Waals surface area contributed by atoms with Crippen LogP contribution in [0.3, 0.4) is 0 Å². The highest BCUT2D eigenvalue weighted by molar-refractivity contribution is 5.24. The van der Waals surface area contributed by atoms with Gasteiger partial charge in [-0.15, -0.1) is 0 Å². The number of nitrogens with zero attached hydrogens (tertiary/aromatic N) is 2. The van der Waals surface area contributed by atoms with E-state index in [9.17, 15) is 4.79 Å². The van der Waals surface area contributed by atoms with Crippen molar-refractivity contribution >= 4 is 0 Å². The zero-order valence-corrected chi connectivity index (χ0v) is 12.7. The molecule has 0 aliphatic heterocycles. The molecule has 1 fully saturated rings. The monoisotopic (exact) mass is 285 g/mol. The molecule has 4 nitrogen and oxygen atoms in total. The summed E-state index contributed by atoms with van der Waals surface area (Å²) in [7, 11) is 0. The molecule has 0 amide bonds. The number of nitrogens with one attached hydrogen (secondary N) is 1. The van der Waals surface area contributed by atoms with Crippen LogP contribution >= 0.6 is 0 Å². The predicted octanol–water partition coefficient (Wildman–Crippen LogP) is 2.64. The smallest absolute Gasteiger partial charge is 0.309 e. The quantitative estimate of drug-likeness (QED) is 0.886. The van der Waals surface area contributed by atoms with Crippen molar-refractivity contribution in [3.8, 4) is 0 Å². The summed E-state index contributed by atoms with van der Waals surface area (Å²) in [5.74, 6) is 0. The lowest BCUT2D eigenvalue weighted by atomic mass is 10.1. The number of hydrogen-bond donors (Lipinski definition) is 1. The van der Waals surface area contributed by atoms with Crippen LogP contribution in [0.15, 0.2) is 41.5 Å². The first-order valence-electron chi connectivity index (χ1n) is 7.76. The lowest BCUT2D eigenvalue weighted by molar-refractivity contribution is 0.462. The molecule has 1 aromatic heterocycles. The minimum atomic E-state index is 0.118. The predicted molar refractivity (Wildman–Crippen MR) is 84.6 cm³/mol. The fourth-order valence-electron chi connectivity index (χ4n) is 2.73. The van der Waals surface area contributed by atoms with Crippen molar-refractivity contribution in [1.29, 1.82) is 0 Å². The van der Waals surface area contributed by atoms with Crippen molar-refractivity contribution < 1.29 is 0 Å². The average Bonchev–Trinajstić information content (AvgIpc) is 3.25. The Morgan fingerprint density at radius 2 is 1.95 bits per heavy atom. The Labute approximate surface area is 125 Å². The molecule has 1 N–H and O–H groups in total. The standard InChI is InChI=1S/C17H23N3O/c1-3-18-16(14-6-4-13(2)5-7-14)12-19-10-11-20(17(19)21)15-8-9-15/h4-7,10-11,15-16,18H,3,8-9,12H2,1-2H3. The summed E-state index contributed by atoms with van der Waals surface area (Å²) in [5.41, 5.74) is 2.60. The molecule has 1 heterocycles. The molecule has 112 valence electrons. The van der Waals surface area contributed by atoms with Gasteiger partial charge in [-0.3, -0.25) is 9.13 Å². The summed E-state index contributed by atoms with van der Waals surface area (Å²) in [6, 6.07) is 9.14. The number of aromatic nitrogens is 2. The fourth-order valence-corrected chi connectivity index (χ4v) is 2.73. The van der Waals surface area contributed by atoms with E-state index >= 15 is 0 Å². The molecule has 4 heteroatoms. The Hall–Kier alpha value is -1.81. The second kappa shape index (κ2) is 5.90. The summed E-state index contributed by atoms with van der Waals surface area (Å²) in [6.45, 7) is 5.75. The van der Waals surface area contributed by atoms with E-state index in [0.29, 0.717) is 12.6 Å². The highest BCUT2D eigenvalue weighted by atomic mass is 16.1. The molecule has 1 unspecified atom stereocenters. The maximum absolute atomic E-state index is 12.4. The summed E-state index contributed by atoms with van der Waals surface area (Å²) in [6.07, 6.45) is 6.12. The Bertz CT molecular complexity index is 649. The molecule has 1 aliphatic carbocycles. The van der Waals surface area contributed by atoms with E-state index in [1.807, 2.05) is 21.5 Å². The third-order valence-electron chi connectivity index (χ3n) is 4.12. The van der Waals surface area contributed by atoms with Gasteiger partial charge in [-0.2, -0.15) is 0 Å². The van der Waals surface area contributed by atoms with Crippen molar-refractivity contribution in [2.75, 3.05) is 6.54 Å². The zero-order valence-electron chi connectivity index (χ0n) is 12.7. The lowest BCUT2D eigenvalue weighted by Crippen LogP contribution is -2.31. The van der Waals surface area contributed by atoms with E-state index in [-0.39, 0.29) is 11.7 Å². The minimum Gasteiger partial charge on any atom is -0.309 e. The van der Waals surface area contributed by atoms with Gasteiger partial charge in [0.05, 0.1) is 6.04 Å². The van der Waals surface area contributed by atoms with E-state index in [0.717, 1.165) is 19.4 Å². The molecular weight excluding hydrogens is 262 g/mol. The van der Waals surface area contributed by atoms with Crippen molar-refractivity contribution in [3.63, 3.8) is 0 Å². The number of imidazole rings is 1. The Balaban J connectivity index is 1.81. The van der Waals surface area contributed by atoms with Gasteiger partial charge in [0.1, 0.15) is 0 Å². The molecule has 1 saturated carbocycles. The second-order valence-corrected chi connectivity index (χ2v) is 5.89. The minimum absolute atomic E-state index is 0.118. The van der Waals surface area contributed by atoms with Crippen LogP contribution in [0.1, 0.15) is 43.0 Å². The molecular formula is C17H23N3O. The van der Waals surface area contributed by atoms with Crippen LogP contribution in [0.25, 0.3) is 0 Å². The number of rotatable bonds is 6. The van der Waals surface area contributed by atoms with Gasteiger partial charge in [-0.25, -0.2) is 4.79 Å². The molecule has 21 heavy (non-hydrogen) atoms. The number of aryl methyl sites for hydroxylation is 1. The van der Waals surface area contributed by atoms with Gasteiger partial charge in [0.15, 0.2) is 0 Å². The molecule has 0 bridgehead atoms. The van der Waals surface area contributed by atoms with Gasteiger partial charge in [0, 0.05) is 25.0 Å². The third kappa shape index (κ3) is 3.10. The van der Waals surface area contributed by atoms with Crippen molar-refractivity contribution in [2.24, 2.45) is 0 Å². The summed E-state index contributed by atoms with van der Waals surface area (Å²) < 4.78 is 3.70. The van der Waals surface area contributed by atoms with Crippen molar-refractivity contribution in [1.82, 2.24) is 14.5 Å². The van der Waals surface area contributed by atoms with Crippen LogP contribution in [0.2, 0.25) is 0 Å². The van der Waals surface area contributed by atoms with Gasteiger partial charge >= 0.3 is 5.69 Å².